The molecule has 2 aromatic carbocycles. The van der Waals surface area contributed by atoms with Crippen LogP contribution in [0.1, 0.15) is 51.8 Å². The fraction of sp³-hybridized carbons (Fsp3) is 0.320. The van der Waals surface area contributed by atoms with E-state index in [0.717, 1.165) is 39.8 Å². The fourth-order valence-corrected chi connectivity index (χ4v) is 5.56. The number of nitrogens with one attached hydrogen (secondary N) is 2. The Morgan fingerprint density at radius 2 is 1.81 bits per heavy atom. The van der Waals surface area contributed by atoms with Gasteiger partial charge in [0.05, 0.1) is 4.88 Å². The predicted octanol–water partition coefficient (Wildman–Crippen LogP) is 4.46. The molecule has 0 unspecified atom stereocenters. The summed E-state index contributed by atoms with van der Waals surface area (Å²) in [5.74, 6) is -0.233. The monoisotopic (exact) mass is 449 g/mol. The molecule has 7 heteroatoms. The second-order valence-corrected chi connectivity index (χ2v) is 9.15. The summed E-state index contributed by atoms with van der Waals surface area (Å²) in [6, 6.07) is 15.1. The zero-order chi connectivity index (χ0) is 22.7. The number of carbonyl (C=O) groups excluding carboxylic acids is 3. The quantitative estimate of drug-likeness (QED) is 0.604. The largest absolute Gasteiger partial charge is 0.354 e. The van der Waals surface area contributed by atoms with Gasteiger partial charge in [0.1, 0.15) is 0 Å². The summed E-state index contributed by atoms with van der Waals surface area (Å²) >= 11 is 1.51. The Kier molecular flexibility index (Phi) is 6.55. The van der Waals surface area contributed by atoms with E-state index in [2.05, 4.69) is 16.7 Å². The molecule has 1 aromatic heterocycles. The summed E-state index contributed by atoms with van der Waals surface area (Å²) in [6.45, 7) is 2.16. The number of anilines is 1. The number of likely N-dealkylation sites (tertiary alicyclic amines) is 1. The molecule has 0 bridgehead atoms. The van der Waals surface area contributed by atoms with Gasteiger partial charge >= 0.3 is 0 Å². The van der Waals surface area contributed by atoms with Gasteiger partial charge in [0.25, 0.3) is 11.8 Å². The average Bonchev–Trinajstić information content (AvgIpc) is 3.17. The van der Waals surface area contributed by atoms with Crippen LogP contribution in [-0.4, -0.2) is 42.3 Å². The topological polar surface area (TPSA) is 78.5 Å². The Morgan fingerprint density at radius 3 is 2.53 bits per heavy atom. The molecule has 1 aliphatic heterocycles. The molecule has 6 nitrogen and oxygen atoms in total. The number of thiophene rings is 1. The lowest BCUT2D eigenvalue weighted by atomic mass is 9.93. The fourth-order valence-electron chi connectivity index (χ4n) is 4.38. The molecule has 1 saturated heterocycles. The Hall–Kier alpha value is -3.19. The molecule has 0 aliphatic carbocycles. The zero-order valence-corrected chi connectivity index (χ0v) is 19.1. The van der Waals surface area contributed by atoms with E-state index in [1.807, 2.05) is 23.1 Å². The highest BCUT2D eigenvalue weighted by atomic mass is 32.1. The van der Waals surface area contributed by atoms with Crippen LogP contribution in [0, 0.1) is 0 Å². The van der Waals surface area contributed by atoms with Crippen molar-refractivity contribution in [1.29, 1.82) is 0 Å². The van der Waals surface area contributed by atoms with Crippen LogP contribution in [0.5, 0.6) is 0 Å². The van der Waals surface area contributed by atoms with E-state index in [4.69, 9.17) is 0 Å². The molecule has 3 aromatic rings. The number of rotatable bonds is 5. The minimum atomic E-state index is -0.143. The number of piperidine rings is 1. The number of benzene rings is 2. The van der Waals surface area contributed by atoms with E-state index in [9.17, 15) is 14.4 Å². The van der Waals surface area contributed by atoms with Gasteiger partial charge in [-0.1, -0.05) is 18.2 Å². The molecule has 0 saturated carbocycles. The number of fused-ring (bicyclic) bond motifs is 1. The van der Waals surface area contributed by atoms with Crippen molar-refractivity contribution in [1.82, 2.24) is 10.2 Å². The number of carbonyl (C=O) groups is 3. The van der Waals surface area contributed by atoms with E-state index in [1.54, 1.807) is 31.3 Å². The van der Waals surface area contributed by atoms with Crippen molar-refractivity contribution < 1.29 is 14.4 Å². The van der Waals surface area contributed by atoms with Crippen LogP contribution in [0.25, 0.3) is 10.1 Å². The predicted molar refractivity (Wildman–Crippen MR) is 128 cm³/mol. The maximum atomic E-state index is 13.4. The third kappa shape index (κ3) is 4.53. The van der Waals surface area contributed by atoms with E-state index in [1.165, 1.54) is 18.3 Å². The molecule has 0 radical (unpaired) electrons. The van der Waals surface area contributed by atoms with Gasteiger partial charge < -0.3 is 15.5 Å². The van der Waals surface area contributed by atoms with Crippen molar-refractivity contribution in [3.05, 3.63) is 64.5 Å². The van der Waals surface area contributed by atoms with Crippen LogP contribution >= 0.6 is 11.3 Å². The summed E-state index contributed by atoms with van der Waals surface area (Å²) in [4.78, 5) is 39.9. The second kappa shape index (κ2) is 9.53. The molecule has 2 N–H and O–H groups in total. The summed E-state index contributed by atoms with van der Waals surface area (Å²) in [5, 5.41) is 6.58. The lowest BCUT2D eigenvalue weighted by Gasteiger charge is -2.36. The van der Waals surface area contributed by atoms with Gasteiger partial charge in [0.15, 0.2) is 0 Å². The smallest absolute Gasteiger partial charge is 0.261 e. The van der Waals surface area contributed by atoms with Gasteiger partial charge in [-0.3, -0.25) is 14.4 Å². The molecule has 1 aliphatic rings. The van der Waals surface area contributed by atoms with Crippen LogP contribution < -0.4 is 10.6 Å². The maximum absolute atomic E-state index is 13.4. The molecule has 1 atom stereocenters. The molecular formula is C25H27N3O3S. The molecule has 166 valence electrons. The van der Waals surface area contributed by atoms with Gasteiger partial charge in [0.2, 0.25) is 5.91 Å². The Bertz CT molecular complexity index is 1150. The minimum Gasteiger partial charge on any atom is -0.354 e. The molecule has 1 fully saturated rings. The van der Waals surface area contributed by atoms with Gasteiger partial charge in [0, 0.05) is 42.5 Å². The highest BCUT2D eigenvalue weighted by Crippen LogP contribution is 2.34. The zero-order valence-electron chi connectivity index (χ0n) is 18.3. The maximum Gasteiger partial charge on any atom is 0.261 e. The lowest BCUT2D eigenvalue weighted by Crippen LogP contribution is -2.45. The van der Waals surface area contributed by atoms with Crippen LogP contribution in [0.2, 0.25) is 0 Å². The standard InChI is InChI=1S/C25H27N3O3S/c1-16(29)27-18-12-10-17(11-13-18)25(31)28-14-6-5-7-19(28)15-21-20-8-3-4-9-22(20)32-23(21)24(30)26-2/h3-4,8-13,19H,5-7,14-15H2,1-2H3,(H,26,30)(H,27,29)/t19-/m1/s1. The van der Waals surface area contributed by atoms with Crippen molar-refractivity contribution in [3.63, 3.8) is 0 Å². The van der Waals surface area contributed by atoms with E-state index < -0.39 is 0 Å². The van der Waals surface area contributed by atoms with E-state index in [-0.39, 0.29) is 23.8 Å². The van der Waals surface area contributed by atoms with Crippen molar-refractivity contribution >= 4 is 44.8 Å². The van der Waals surface area contributed by atoms with Crippen LogP contribution in [0.4, 0.5) is 5.69 Å². The molecule has 3 amide bonds. The summed E-state index contributed by atoms with van der Waals surface area (Å²) in [5.41, 5.74) is 2.30. The van der Waals surface area contributed by atoms with Gasteiger partial charge in [-0.15, -0.1) is 11.3 Å². The average molecular weight is 450 g/mol. The van der Waals surface area contributed by atoms with Gasteiger partial charge in [-0.2, -0.15) is 0 Å². The van der Waals surface area contributed by atoms with Crippen molar-refractivity contribution in [2.75, 3.05) is 18.9 Å². The van der Waals surface area contributed by atoms with Crippen LogP contribution in [0.3, 0.4) is 0 Å². The van der Waals surface area contributed by atoms with E-state index in [0.29, 0.717) is 24.2 Å². The van der Waals surface area contributed by atoms with Gasteiger partial charge in [-0.25, -0.2) is 0 Å². The SMILES string of the molecule is CNC(=O)c1sc2ccccc2c1C[C@H]1CCCCN1C(=O)c1ccc(NC(C)=O)cc1. The summed E-state index contributed by atoms with van der Waals surface area (Å²) < 4.78 is 1.09. The molecular weight excluding hydrogens is 422 g/mol. The third-order valence-electron chi connectivity index (χ3n) is 5.91. The highest BCUT2D eigenvalue weighted by Gasteiger charge is 2.30. The summed E-state index contributed by atoms with van der Waals surface area (Å²) in [7, 11) is 1.65. The first-order valence-corrected chi connectivity index (χ1v) is 11.7. The van der Waals surface area contributed by atoms with Crippen LogP contribution in [-0.2, 0) is 11.2 Å². The second-order valence-electron chi connectivity index (χ2n) is 8.10. The third-order valence-corrected chi connectivity index (χ3v) is 7.12. The van der Waals surface area contributed by atoms with Crippen molar-refractivity contribution in [3.8, 4) is 0 Å². The first kappa shape index (κ1) is 22.0. The van der Waals surface area contributed by atoms with Crippen LogP contribution in [0.15, 0.2) is 48.5 Å². The number of hydrogen-bond donors (Lipinski definition) is 2. The van der Waals surface area contributed by atoms with Crippen molar-refractivity contribution in [2.45, 2.75) is 38.6 Å². The first-order valence-electron chi connectivity index (χ1n) is 10.9. The molecule has 32 heavy (non-hydrogen) atoms. The molecule has 0 spiro atoms. The number of nitrogens with zero attached hydrogens (tertiary/aromatic N) is 1. The normalized spacial score (nSPS) is 16.1. The highest BCUT2D eigenvalue weighted by molar-refractivity contribution is 7.21. The van der Waals surface area contributed by atoms with Gasteiger partial charge in [-0.05, 0) is 67.0 Å². The lowest BCUT2D eigenvalue weighted by molar-refractivity contribution is -0.114. The number of amides is 3. The Labute approximate surface area is 191 Å². The Balaban J connectivity index is 1.61. The first-order chi connectivity index (χ1) is 15.5. The van der Waals surface area contributed by atoms with Crippen molar-refractivity contribution in [2.24, 2.45) is 0 Å². The van der Waals surface area contributed by atoms with E-state index >= 15 is 0 Å². The molecule has 2 heterocycles. The number of hydrogen-bond acceptors (Lipinski definition) is 4. The summed E-state index contributed by atoms with van der Waals surface area (Å²) in [6.07, 6.45) is 3.60. The molecule has 4 rings (SSSR count). The minimum absolute atomic E-state index is 0.00916. The Morgan fingerprint density at radius 1 is 1.06 bits per heavy atom.